The Labute approximate surface area is 116 Å². The summed E-state index contributed by atoms with van der Waals surface area (Å²) in [4.78, 5) is 14.4. The fraction of sp³-hybridized carbons (Fsp3) is 0.500. The van der Waals surface area contributed by atoms with Gasteiger partial charge in [-0.05, 0) is 24.2 Å². The molecule has 1 fully saturated rings. The maximum atomic E-state index is 12.2. The van der Waals surface area contributed by atoms with Crippen LogP contribution in [0.25, 0.3) is 0 Å². The number of carbonyl (C=O) groups excluding carboxylic acids is 1. The minimum atomic E-state index is -0.262. The van der Waals surface area contributed by atoms with Gasteiger partial charge in [0.15, 0.2) is 5.78 Å². The molecule has 1 atom stereocenters. The molecule has 0 radical (unpaired) electrons. The van der Waals surface area contributed by atoms with E-state index in [2.05, 4.69) is 27.8 Å². The molecule has 1 aliphatic heterocycles. The van der Waals surface area contributed by atoms with E-state index in [1.807, 2.05) is 24.3 Å². The molecule has 1 saturated heterocycles. The molecule has 2 rings (SSSR count). The molecule has 3 nitrogen and oxygen atoms in total. The van der Waals surface area contributed by atoms with Crippen molar-refractivity contribution in [3.63, 3.8) is 0 Å². The molecule has 1 aromatic rings. The number of morpholine rings is 1. The van der Waals surface area contributed by atoms with E-state index < -0.39 is 0 Å². The van der Waals surface area contributed by atoms with Crippen LogP contribution in [-0.4, -0.2) is 43.0 Å². The maximum absolute atomic E-state index is 12.2. The van der Waals surface area contributed by atoms with Crippen molar-refractivity contribution in [1.29, 1.82) is 0 Å². The van der Waals surface area contributed by atoms with Crippen LogP contribution in [0.2, 0.25) is 0 Å². The number of ether oxygens (including phenoxy) is 1. The predicted octanol–water partition coefficient (Wildman–Crippen LogP) is 2.28. The summed E-state index contributed by atoms with van der Waals surface area (Å²) < 4.78 is 6.60. The topological polar surface area (TPSA) is 29.5 Å². The summed E-state index contributed by atoms with van der Waals surface area (Å²) in [6.45, 7) is 5.40. The first-order valence-corrected chi connectivity index (χ1v) is 7.09. The molecule has 4 heteroatoms. The summed E-state index contributed by atoms with van der Waals surface area (Å²) in [5.41, 5.74) is 1.04. The van der Waals surface area contributed by atoms with Gasteiger partial charge in [0.25, 0.3) is 0 Å². The van der Waals surface area contributed by atoms with Gasteiger partial charge in [0, 0.05) is 24.0 Å². The lowest BCUT2D eigenvalue weighted by atomic mass is 10.0. The standard InChI is InChI=1S/C14H18BrNO2/c1-2-16-7-8-18-14(10-16)13(17)9-11-3-5-12(15)6-4-11/h3-6,14H,2,7-10H2,1H3. The molecule has 1 heterocycles. The van der Waals surface area contributed by atoms with Crippen LogP contribution in [0.5, 0.6) is 0 Å². The summed E-state index contributed by atoms with van der Waals surface area (Å²) >= 11 is 3.39. The molecular formula is C14H18BrNO2. The summed E-state index contributed by atoms with van der Waals surface area (Å²) in [5.74, 6) is 0.176. The van der Waals surface area contributed by atoms with Crippen molar-refractivity contribution in [3.8, 4) is 0 Å². The number of ketones is 1. The fourth-order valence-electron chi connectivity index (χ4n) is 2.10. The summed E-state index contributed by atoms with van der Waals surface area (Å²) in [5, 5.41) is 0. The number of Topliss-reactive ketones (excluding diaryl/α,β-unsaturated/α-hetero) is 1. The minimum absolute atomic E-state index is 0.176. The number of hydrogen-bond donors (Lipinski definition) is 0. The Kier molecular flexibility index (Phi) is 4.92. The molecule has 1 aromatic carbocycles. The zero-order chi connectivity index (χ0) is 13.0. The minimum Gasteiger partial charge on any atom is -0.368 e. The van der Waals surface area contributed by atoms with Crippen molar-refractivity contribution in [1.82, 2.24) is 4.90 Å². The molecule has 98 valence electrons. The van der Waals surface area contributed by atoms with Crippen molar-refractivity contribution in [3.05, 3.63) is 34.3 Å². The van der Waals surface area contributed by atoms with Gasteiger partial charge in [-0.3, -0.25) is 9.69 Å². The summed E-state index contributed by atoms with van der Waals surface area (Å²) in [7, 11) is 0. The van der Waals surface area contributed by atoms with Crippen LogP contribution < -0.4 is 0 Å². The van der Waals surface area contributed by atoms with Crippen LogP contribution in [0.1, 0.15) is 12.5 Å². The van der Waals surface area contributed by atoms with Gasteiger partial charge in [-0.15, -0.1) is 0 Å². The van der Waals surface area contributed by atoms with E-state index in [4.69, 9.17) is 4.74 Å². The number of likely N-dealkylation sites (N-methyl/N-ethyl adjacent to an activating group) is 1. The second-order valence-electron chi connectivity index (χ2n) is 4.52. The SMILES string of the molecule is CCN1CCOC(C(=O)Cc2ccc(Br)cc2)C1. The van der Waals surface area contributed by atoms with Gasteiger partial charge in [-0.25, -0.2) is 0 Å². The average molecular weight is 312 g/mol. The van der Waals surface area contributed by atoms with Crippen LogP contribution in [0.3, 0.4) is 0 Å². The molecular weight excluding hydrogens is 294 g/mol. The number of halogens is 1. The monoisotopic (exact) mass is 311 g/mol. The van der Waals surface area contributed by atoms with Crippen molar-refractivity contribution < 1.29 is 9.53 Å². The Bertz CT molecular complexity index is 405. The molecule has 0 spiro atoms. The van der Waals surface area contributed by atoms with Crippen LogP contribution in [-0.2, 0) is 16.0 Å². The molecule has 0 N–H and O–H groups in total. The van der Waals surface area contributed by atoms with E-state index in [1.54, 1.807) is 0 Å². The van der Waals surface area contributed by atoms with Gasteiger partial charge >= 0.3 is 0 Å². The lowest BCUT2D eigenvalue weighted by molar-refractivity contribution is -0.135. The van der Waals surface area contributed by atoms with Gasteiger partial charge in [-0.2, -0.15) is 0 Å². The second-order valence-corrected chi connectivity index (χ2v) is 5.44. The molecule has 0 saturated carbocycles. The molecule has 1 unspecified atom stereocenters. The Morgan fingerprint density at radius 2 is 2.17 bits per heavy atom. The number of hydrogen-bond acceptors (Lipinski definition) is 3. The van der Waals surface area contributed by atoms with Gasteiger partial charge in [0.05, 0.1) is 6.61 Å². The van der Waals surface area contributed by atoms with Crippen molar-refractivity contribution in [2.75, 3.05) is 26.2 Å². The van der Waals surface area contributed by atoms with E-state index in [0.717, 1.165) is 29.7 Å². The summed E-state index contributed by atoms with van der Waals surface area (Å²) in [6, 6.07) is 7.87. The molecule has 0 aliphatic carbocycles. The van der Waals surface area contributed by atoms with Crippen LogP contribution in [0.15, 0.2) is 28.7 Å². The second kappa shape index (κ2) is 6.45. The first-order valence-electron chi connectivity index (χ1n) is 6.30. The molecule has 0 aromatic heterocycles. The van der Waals surface area contributed by atoms with Crippen molar-refractivity contribution in [2.45, 2.75) is 19.4 Å². The van der Waals surface area contributed by atoms with E-state index in [-0.39, 0.29) is 11.9 Å². The van der Waals surface area contributed by atoms with E-state index in [1.165, 1.54) is 0 Å². The van der Waals surface area contributed by atoms with Gasteiger partial charge < -0.3 is 4.74 Å². The van der Waals surface area contributed by atoms with Crippen molar-refractivity contribution >= 4 is 21.7 Å². The van der Waals surface area contributed by atoms with Crippen LogP contribution in [0, 0.1) is 0 Å². The smallest absolute Gasteiger partial charge is 0.167 e. The lowest BCUT2D eigenvalue weighted by Crippen LogP contribution is -2.46. The first kappa shape index (κ1) is 13.7. The molecule has 0 bridgehead atoms. The van der Waals surface area contributed by atoms with Gasteiger partial charge in [-0.1, -0.05) is 35.0 Å². The van der Waals surface area contributed by atoms with E-state index in [0.29, 0.717) is 13.0 Å². The highest BCUT2D eigenvalue weighted by molar-refractivity contribution is 9.10. The normalized spacial score (nSPS) is 20.9. The third kappa shape index (κ3) is 3.64. The third-order valence-corrected chi connectivity index (χ3v) is 3.78. The van der Waals surface area contributed by atoms with E-state index >= 15 is 0 Å². The van der Waals surface area contributed by atoms with Crippen molar-refractivity contribution in [2.24, 2.45) is 0 Å². The maximum Gasteiger partial charge on any atom is 0.167 e. The Morgan fingerprint density at radius 3 is 2.83 bits per heavy atom. The van der Waals surface area contributed by atoms with E-state index in [9.17, 15) is 4.79 Å². The molecule has 0 amide bonds. The zero-order valence-electron chi connectivity index (χ0n) is 10.6. The third-order valence-electron chi connectivity index (χ3n) is 3.25. The Balaban J connectivity index is 1.93. The van der Waals surface area contributed by atoms with Crippen LogP contribution >= 0.6 is 15.9 Å². The first-order chi connectivity index (χ1) is 8.69. The highest BCUT2D eigenvalue weighted by atomic mass is 79.9. The largest absolute Gasteiger partial charge is 0.368 e. The average Bonchev–Trinajstić information content (AvgIpc) is 2.41. The zero-order valence-corrected chi connectivity index (χ0v) is 12.1. The number of benzene rings is 1. The lowest BCUT2D eigenvalue weighted by Gasteiger charge is -2.31. The van der Waals surface area contributed by atoms with Crippen LogP contribution in [0.4, 0.5) is 0 Å². The number of carbonyl (C=O) groups is 1. The quantitative estimate of drug-likeness (QED) is 0.854. The van der Waals surface area contributed by atoms with Gasteiger partial charge in [0.1, 0.15) is 6.10 Å². The predicted molar refractivity (Wildman–Crippen MR) is 74.7 cm³/mol. The number of nitrogens with zero attached hydrogens (tertiary/aromatic N) is 1. The Morgan fingerprint density at radius 1 is 1.44 bits per heavy atom. The van der Waals surface area contributed by atoms with Gasteiger partial charge in [0.2, 0.25) is 0 Å². The fourth-order valence-corrected chi connectivity index (χ4v) is 2.37. The molecule has 18 heavy (non-hydrogen) atoms. The summed E-state index contributed by atoms with van der Waals surface area (Å²) in [6.07, 6.45) is 0.192. The molecule has 1 aliphatic rings. The highest BCUT2D eigenvalue weighted by Gasteiger charge is 2.25. The Hall–Kier alpha value is -0.710. The highest BCUT2D eigenvalue weighted by Crippen LogP contribution is 2.13. The number of rotatable bonds is 4.